The zero-order chi connectivity index (χ0) is 15.4. The Morgan fingerprint density at radius 3 is 2.64 bits per heavy atom. The van der Waals surface area contributed by atoms with Crippen LogP contribution >= 0.6 is 0 Å². The van der Waals surface area contributed by atoms with Gasteiger partial charge < -0.3 is 5.21 Å². The fourth-order valence-electron chi connectivity index (χ4n) is 3.45. The van der Waals surface area contributed by atoms with Gasteiger partial charge in [-0.05, 0) is 42.0 Å². The Kier molecular flexibility index (Phi) is 4.57. The minimum atomic E-state index is 0.850. The molecule has 0 fully saturated rings. The molecule has 2 heteroatoms. The van der Waals surface area contributed by atoms with E-state index in [1.54, 1.807) is 0 Å². The van der Waals surface area contributed by atoms with Crippen LogP contribution in [-0.4, -0.2) is 10.9 Å². The normalized spacial score (nSPS) is 16.9. The van der Waals surface area contributed by atoms with Gasteiger partial charge in [-0.3, -0.25) is 0 Å². The number of allylic oxidation sites excluding steroid dienone is 2. The van der Waals surface area contributed by atoms with E-state index >= 15 is 0 Å². The first kappa shape index (κ1) is 14.8. The van der Waals surface area contributed by atoms with Crippen LogP contribution in [0.3, 0.4) is 0 Å². The molecule has 22 heavy (non-hydrogen) atoms. The molecule has 1 aliphatic carbocycles. The van der Waals surface area contributed by atoms with E-state index in [9.17, 15) is 5.21 Å². The average molecular weight is 293 g/mol. The van der Waals surface area contributed by atoms with Gasteiger partial charge in [-0.2, -0.15) is 0 Å². The third-order valence-electron chi connectivity index (χ3n) is 4.57. The second-order valence-corrected chi connectivity index (χ2v) is 6.01. The van der Waals surface area contributed by atoms with Gasteiger partial charge in [-0.15, -0.1) is 0 Å². The topological polar surface area (TPSA) is 32.6 Å². The summed E-state index contributed by atoms with van der Waals surface area (Å²) in [5, 5.41) is 15.5. The molecule has 0 aliphatic heterocycles. The molecular weight excluding hydrogens is 270 g/mol. The SMILES string of the molecule is CCCCCC1=C(c2cccc3ccccc23)/C(=N/O)CC1. The molecule has 0 amide bonds. The monoisotopic (exact) mass is 293 g/mol. The van der Waals surface area contributed by atoms with Crippen molar-refractivity contribution >= 4 is 22.1 Å². The highest BCUT2D eigenvalue weighted by atomic mass is 16.4. The Balaban J connectivity index is 2.09. The number of nitrogens with zero attached hydrogens (tertiary/aromatic N) is 1. The first-order valence-corrected chi connectivity index (χ1v) is 8.26. The van der Waals surface area contributed by atoms with Crippen LogP contribution < -0.4 is 0 Å². The summed E-state index contributed by atoms with van der Waals surface area (Å²) in [4.78, 5) is 0. The molecule has 3 rings (SSSR count). The summed E-state index contributed by atoms with van der Waals surface area (Å²) in [6.07, 6.45) is 6.72. The highest BCUT2D eigenvalue weighted by Crippen LogP contribution is 2.37. The Hall–Kier alpha value is -2.09. The van der Waals surface area contributed by atoms with Gasteiger partial charge >= 0.3 is 0 Å². The van der Waals surface area contributed by atoms with Crippen LogP contribution in [-0.2, 0) is 0 Å². The van der Waals surface area contributed by atoms with Gasteiger partial charge in [0.25, 0.3) is 0 Å². The highest BCUT2D eigenvalue weighted by molar-refractivity contribution is 6.28. The van der Waals surface area contributed by atoms with Gasteiger partial charge in [-0.1, -0.05) is 73.0 Å². The minimum Gasteiger partial charge on any atom is -0.411 e. The Bertz CT molecular complexity index is 722. The lowest BCUT2D eigenvalue weighted by molar-refractivity contribution is 0.319. The molecule has 0 spiro atoms. The molecule has 2 aromatic rings. The Morgan fingerprint density at radius 1 is 1.00 bits per heavy atom. The molecule has 0 radical (unpaired) electrons. The van der Waals surface area contributed by atoms with Crippen molar-refractivity contribution in [3.63, 3.8) is 0 Å². The van der Waals surface area contributed by atoms with Gasteiger partial charge in [0.05, 0.1) is 5.71 Å². The van der Waals surface area contributed by atoms with Crippen LogP contribution in [0.2, 0.25) is 0 Å². The maximum absolute atomic E-state index is 9.41. The van der Waals surface area contributed by atoms with Crippen molar-refractivity contribution in [1.82, 2.24) is 0 Å². The van der Waals surface area contributed by atoms with Gasteiger partial charge in [0.2, 0.25) is 0 Å². The van der Waals surface area contributed by atoms with Crippen LogP contribution in [0.5, 0.6) is 0 Å². The molecule has 0 aromatic heterocycles. The lowest BCUT2D eigenvalue weighted by atomic mass is 9.93. The fraction of sp³-hybridized carbons (Fsp3) is 0.350. The van der Waals surface area contributed by atoms with E-state index in [0.29, 0.717) is 0 Å². The number of oxime groups is 1. The summed E-state index contributed by atoms with van der Waals surface area (Å²) in [5.41, 5.74) is 4.71. The predicted molar refractivity (Wildman–Crippen MR) is 93.5 cm³/mol. The minimum absolute atomic E-state index is 0.850. The van der Waals surface area contributed by atoms with E-state index in [1.165, 1.54) is 46.7 Å². The zero-order valence-electron chi connectivity index (χ0n) is 13.2. The number of rotatable bonds is 5. The van der Waals surface area contributed by atoms with Gasteiger partial charge in [0.15, 0.2) is 0 Å². The van der Waals surface area contributed by atoms with E-state index in [-0.39, 0.29) is 0 Å². The number of fused-ring (bicyclic) bond motifs is 1. The van der Waals surface area contributed by atoms with Gasteiger partial charge in [-0.25, -0.2) is 0 Å². The van der Waals surface area contributed by atoms with Crippen molar-refractivity contribution in [2.75, 3.05) is 0 Å². The lowest BCUT2D eigenvalue weighted by Gasteiger charge is -2.11. The Morgan fingerprint density at radius 2 is 1.82 bits per heavy atom. The van der Waals surface area contributed by atoms with Crippen LogP contribution in [0.15, 0.2) is 53.2 Å². The van der Waals surface area contributed by atoms with Crippen molar-refractivity contribution in [1.29, 1.82) is 0 Å². The summed E-state index contributed by atoms with van der Waals surface area (Å²) in [6, 6.07) is 14.8. The van der Waals surface area contributed by atoms with E-state index < -0.39 is 0 Å². The highest BCUT2D eigenvalue weighted by Gasteiger charge is 2.23. The van der Waals surface area contributed by atoms with Gasteiger partial charge in [0.1, 0.15) is 0 Å². The summed E-state index contributed by atoms with van der Waals surface area (Å²) in [6.45, 7) is 2.23. The molecule has 0 atom stereocenters. The summed E-state index contributed by atoms with van der Waals surface area (Å²) >= 11 is 0. The molecule has 0 saturated heterocycles. The summed E-state index contributed by atoms with van der Waals surface area (Å²) < 4.78 is 0. The summed E-state index contributed by atoms with van der Waals surface area (Å²) in [5.74, 6) is 0. The molecule has 0 saturated carbocycles. The van der Waals surface area contributed by atoms with Crippen LogP contribution in [0, 0.1) is 0 Å². The van der Waals surface area contributed by atoms with Gasteiger partial charge in [0, 0.05) is 5.57 Å². The second kappa shape index (κ2) is 6.78. The quantitative estimate of drug-likeness (QED) is 0.422. The van der Waals surface area contributed by atoms with Crippen LogP contribution in [0.4, 0.5) is 0 Å². The third-order valence-corrected chi connectivity index (χ3v) is 4.57. The predicted octanol–water partition coefficient (Wildman–Crippen LogP) is 5.80. The lowest BCUT2D eigenvalue weighted by Crippen LogP contribution is -1.98. The molecule has 114 valence electrons. The molecule has 1 N–H and O–H groups in total. The fourth-order valence-corrected chi connectivity index (χ4v) is 3.45. The number of hydrogen-bond donors (Lipinski definition) is 1. The molecule has 0 bridgehead atoms. The van der Waals surface area contributed by atoms with Crippen molar-refractivity contribution in [3.05, 3.63) is 53.6 Å². The van der Waals surface area contributed by atoms with Crippen molar-refractivity contribution in [3.8, 4) is 0 Å². The maximum atomic E-state index is 9.41. The number of hydrogen-bond acceptors (Lipinski definition) is 2. The molecule has 1 aliphatic rings. The van der Waals surface area contributed by atoms with E-state index in [1.807, 2.05) is 0 Å². The average Bonchev–Trinajstić information content (AvgIpc) is 2.97. The molecular formula is C20H23NO. The molecule has 2 aromatic carbocycles. The van der Waals surface area contributed by atoms with Crippen molar-refractivity contribution in [2.24, 2.45) is 5.16 Å². The standard InChI is InChI=1S/C20H23NO/c1-2-3-4-9-16-13-14-19(21-22)20(16)18-12-7-10-15-8-5-6-11-17(15)18/h5-8,10-12,22H,2-4,9,13-14H2,1H3/b21-19+. The summed E-state index contributed by atoms with van der Waals surface area (Å²) in [7, 11) is 0. The zero-order valence-corrected chi connectivity index (χ0v) is 13.2. The van der Waals surface area contributed by atoms with E-state index in [4.69, 9.17) is 0 Å². The smallest absolute Gasteiger partial charge is 0.0876 e. The van der Waals surface area contributed by atoms with Crippen LogP contribution in [0.1, 0.15) is 51.0 Å². The van der Waals surface area contributed by atoms with Crippen molar-refractivity contribution < 1.29 is 5.21 Å². The third kappa shape index (κ3) is 2.78. The number of benzene rings is 2. The molecule has 0 heterocycles. The van der Waals surface area contributed by atoms with Crippen LogP contribution in [0.25, 0.3) is 16.3 Å². The largest absolute Gasteiger partial charge is 0.411 e. The van der Waals surface area contributed by atoms with E-state index in [2.05, 4.69) is 54.5 Å². The Labute approximate surface area is 132 Å². The first-order valence-electron chi connectivity index (χ1n) is 8.26. The second-order valence-electron chi connectivity index (χ2n) is 6.01. The van der Waals surface area contributed by atoms with E-state index in [0.717, 1.165) is 25.0 Å². The number of unbranched alkanes of at least 4 members (excludes halogenated alkanes) is 2. The first-order chi connectivity index (χ1) is 10.8. The van der Waals surface area contributed by atoms with Crippen molar-refractivity contribution in [2.45, 2.75) is 45.4 Å². The maximum Gasteiger partial charge on any atom is 0.0876 e. The molecule has 0 unspecified atom stereocenters. The molecule has 2 nitrogen and oxygen atoms in total.